The van der Waals surface area contributed by atoms with E-state index in [1.165, 1.54) is 11.8 Å². The molecule has 0 aliphatic carbocycles. The molecule has 2 aliphatic rings. The van der Waals surface area contributed by atoms with Crippen LogP contribution < -0.4 is 19.3 Å². The molecule has 1 fully saturated rings. The number of ether oxygens (including phenoxy) is 2. The van der Waals surface area contributed by atoms with Crippen molar-refractivity contribution in [3.05, 3.63) is 89.6 Å². The Hall–Kier alpha value is -4.57. The molecule has 2 heterocycles. The van der Waals surface area contributed by atoms with E-state index in [0.29, 0.717) is 54.1 Å². The molecule has 9 nitrogen and oxygen atoms in total. The number of thioether (sulfide) groups is 1. The maximum atomic E-state index is 13.5. The van der Waals surface area contributed by atoms with Crippen molar-refractivity contribution >= 4 is 52.0 Å². The molecule has 0 N–H and O–H groups in total. The van der Waals surface area contributed by atoms with E-state index in [-0.39, 0.29) is 29.0 Å². The summed E-state index contributed by atoms with van der Waals surface area (Å²) in [4.78, 5) is 48.6. The zero-order valence-corrected chi connectivity index (χ0v) is 24.6. The minimum atomic E-state index is -0.268. The van der Waals surface area contributed by atoms with E-state index in [2.05, 4.69) is 9.89 Å². The second-order valence-electron chi connectivity index (χ2n) is 9.77. The maximum Gasteiger partial charge on any atom is 0.283 e. The number of Topliss-reactive ketones (excluding diaryl/α,β-unsaturated/α-hetero) is 1. The van der Waals surface area contributed by atoms with Crippen molar-refractivity contribution in [1.82, 2.24) is 4.90 Å². The predicted octanol–water partition coefficient (Wildman–Crippen LogP) is 4.73. The number of nitrogens with zero attached hydrogens (tertiary/aromatic N) is 4. The molecule has 5 rings (SSSR count). The molecule has 3 aromatic carbocycles. The lowest BCUT2D eigenvalue weighted by Gasteiger charge is -2.36. The van der Waals surface area contributed by atoms with Gasteiger partial charge in [0.2, 0.25) is 5.91 Å². The Balaban J connectivity index is 1.27. The lowest BCUT2D eigenvalue weighted by molar-refractivity contribution is -0.128. The fourth-order valence-corrected chi connectivity index (χ4v) is 5.75. The number of benzene rings is 3. The summed E-state index contributed by atoms with van der Waals surface area (Å²) < 4.78 is 10.7. The standard InChI is InChI=1S/C32H32N4O5S/c1-22(37)24-10-12-25(13-11-24)34-15-17-35(18-16-34)30(38)21-42-32-33-27(31(39)36(32)26-7-5-4-6-8-26)19-23-9-14-28(40-2)29(20-23)41-3/h4-14,19-20H,15-18,21H2,1-3H3. The highest BCUT2D eigenvalue weighted by molar-refractivity contribution is 8.14. The van der Waals surface area contributed by atoms with Crippen LogP contribution in [0.2, 0.25) is 0 Å². The minimum Gasteiger partial charge on any atom is -0.493 e. The zero-order chi connectivity index (χ0) is 29.6. The fraction of sp³-hybridized carbons (Fsp3) is 0.250. The molecule has 2 amide bonds. The van der Waals surface area contributed by atoms with E-state index in [0.717, 1.165) is 11.3 Å². The van der Waals surface area contributed by atoms with Crippen molar-refractivity contribution in [2.75, 3.05) is 56.0 Å². The Morgan fingerprint density at radius 1 is 0.881 bits per heavy atom. The summed E-state index contributed by atoms with van der Waals surface area (Å²) >= 11 is 1.25. The molecule has 0 radical (unpaired) electrons. The maximum absolute atomic E-state index is 13.5. The number of methoxy groups -OCH3 is 2. The monoisotopic (exact) mass is 584 g/mol. The Kier molecular flexibility index (Phi) is 8.92. The molecule has 0 spiro atoms. The number of para-hydroxylation sites is 1. The van der Waals surface area contributed by atoms with E-state index in [4.69, 9.17) is 9.47 Å². The number of aliphatic imine (C=N–C) groups is 1. The number of carbonyl (C=O) groups is 3. The topological polar surface area (TPSA) is 91.8 Å². The molecule has 0 atom stereocenters. The first kappa shape index (κ1) is 28.9. The van der Waals surface area contributed by atoms with Crippen LogP contribution in [0.3, 0.4) is 0 Å². The van der Waals surface area contributed by atoms with E-state index in [9.17, 15) is 14.4 Å². The number of hydrogen-bond acceptors (Lipinski definition) is 8. The van der Waals surface area contributed by atoms with E-state index >= 15 is 0 Å². The third-order valence-electron chi connectivity index (χ3n) is 7.15. The number of carbonyl (C=O) groups excluding carboxylic acids is 3. The summed E-state index contributed by atoms with van der Waals surface area (Å²) in [5.41, 5.74) is 3.41. The first-order valence-electron chi connectivity index (χ1n) is 13.6. The molecular formula is C32H32N4O5S. The van der Waals surface area contributed by atoms with Gasteiger partial charge in [-0.2, -0.15) is 0 Å². The number of amidine groups is 1. The summed E-state index contributed by atoms with van der Waals surface area (Å²) in [7, 11) is 3.13. The van der Waals surface area contributed by atoms with Crippen LogP contribution in [0.5, 0.6) is 11.5 Å². The van der Waals surface area contributed by atoms with Crippen molar-refractivity contribution in [1.29, 1.82) is 0 Å². The number of ketones is 1. The lowest BCUT2D eigenvalue weighted by atomic mass is 10.1. The van der Waals surface area contributed by atoms with Gasteiger partial charge < -0.3 is 19.3 Å². The van der Waals surface area contributed by atoms with E-state index in [1.54, 1.807) is 44.3 Å². The molecule has 0 saturated carbocycles. The van der Waals surface area contributed by atoms with Gasteiger partial charge in [-0.25, -0.2) is 4.99 Å². The normalized spacial score (nSPS) is 16.1. The summed E-state index contributed by atoms with van der Waals surface area (Å²) in [6.45, 7) is 4.13. The predicted molar refractivity (Wildman–Crippen MR) is 167 cm³/mol. The van der Waals surface area contributed by atoms with Gasteiger partial charge in [0.25, 0.3) is 5.91 Å². The van der Waals surface area contributed by atoms with Crippen molar-refractivity contribution < 1.29 is 23.9 Å². The summed E-state index contributed by atoms with van der Waals surface area (Å²) in [5.74, 6) is 1.06. The molecule has 0 bridgehead atoms. The summed E-state index contributed by atoms with van der Waals surface area (Å²) in [6, 6.07) is 22.3. The van der Waals surface area contributed by atoms with Gasteiger partial charge in [-0.1, -0.05) is 36.0 Å². The second kappa shape index (κ2) is 12.9. The molecule has 42 heavy (non-hydrogen) atoms. The third kappa shape index (κ3) is 6.33. The van der Waals surface area contributed by atoms with Crippen molar-refractivity contribution in [2.24, 2.45) is 4.99 Å². The van der Waals surface area contributed by atoms with Gasteiger partial charge in [-0.15, -0.1) is 0 Å². The molecule has 2 aliphatic heterocycles. The largest absolute Gasteiger partial charge is 0.493 e. The minimum absolute atomic E-state index is 0.00735. The Morgan fingerprint density at radius 3 is 2.21 bits per heavy atom. The van der Waals surface area contributed by atoms with Gasteiger partial charge in [0.15, 0.2) is 22.4 Å². The van der Waals surface area contributed by atoms with Crippen LogP contribution in [0, 0.1) is 0 Å². The van der Waals surface area contributed by atoms with Crippen LogP contribution in [0.25, 0.3) is 6.08 Å². The summed E-state index contributed by atoms with van der Waals surface area (Å²) in [5, 5.41) is 0.454. The Labute approximate surface area is 249 Å². The van der Waals surface area contributed by atoms with E-state index in [1.807, 2.05) is 65.6 Å². The quantitative estimate of drug-likeness (QED) is 0.279. The van der Waals surface area contributed by atoms with Crippen LogP contribution in [0.15, 0.2) is 83.5 Å². The van der Waals surface area contributed by atoms with Crippen molar-refractivity contribution in [3.63, 3.8) is 0 Å². The molecule has 3 aromatic rings. The van der Waals surface area contributed by atoms with Crippen LogP contribution in [-0.2, 0) is 9.59 Å². The highest BCUT2D eigenvalue weighted by Gasteiger charge is 2.33. The lowest BCUT2D eigenvalue weighted by Crippen LogP contribution is -2.49. The molecule has 0 unspecified atom stereocenters. The average Bonchev–Trinajstić information content (AvgIpc) is 3.34. The Bertz CT molecular complexity index is 1530. The molecular weight excluding hydrogens is 552 g/mol. The van der Waals surface area contributed by atoms with Gasteiger partial charge >= 0.3 is 0 Å². The highest BCUT2D eigenvalue weighted by Crippen LogP contribution is 2.32. The molecule has 216 valence electrons. The molecule has 0 aromatic heterocycles. The average molecular weight is 585 g/mol. The van der Waals surface area contributed by atoms with Gasteiger partial charge in [-0.05, 0) is 67.1 Å². The van der Waals surface area contributed by atoms with Crippen molar-refractivity contribution in [3.8, 4) is 11.5 Å². The second-order valence-corrected chi connectivity index (χ2v) is 10.7. The molecule has 1 saturated heterocycles. The number of rotatable bonds is 8. The van der Waals surface area contributed by atoms with Crippen LogP contribution >= 0.6 is 11.8 Å². The van der Waals surface area contributed by atoms with Gasteiger partial charge in [0.05, 0.1) is 25.7 Å². The number of piperazine rings is 1. The smallest absolute Gasteiger partial charge is 0.283 e. The van der Waals surface area contributed by atoms with Gasteiger partial charge in [0, 0.05) is 37.4 Å². The number of hydrogen-bond donors (Lipinski definition) is 0. The van der Waals surface area contributed by atoms with E-state index < -0.39 is 0 Å². The zero-order valence-electron chi connectivity index (χ0n) is 23.8. The number of amides is 2. The van der Waals surface area contributed by atoms with Crippen molar-refractivity contribution in [2.45, 2.75) is 6.92 Å². The third-order valence-corrected chi connectivity index (χ3v) is 8.07. The molecule has 10 heteroatoms. The van der Waals surface area contributed by atoms with Crippen LogP contribution in [-0.4, -0.2) is 73.8 Å². The van der Waals surface area contributed by atoms with Crippen LogP contribution in [0.1, 0.15) is 22.8 Å². The fourth-order valence-electron chi connectivity index (χ4n) is 4.84. The SMILES string of the molecule is COc1ccc(C=C2N=C(SCC(=O)N3CCN(c4ccc(C(C)=O)cc4)CC3)N(c3ccccc3)C2=O)cc1OC. The highest BCUT2D eigenvalue weighted by atomic mass is 32.2. The van der Waals surface area contributed by atoms with Gasteiger partial charge in [0.1, 0.15) is 5.70 Å². The van der Waals surface area contributed by atoms with Gasteiger partial charge in [-0.3, -0.25) is 19.3 Å². The first-order chi connectivity index (χ1) is 20.4. The first-order valence-corrected chi connectivity index (χ1v) is 14.5. The van der Waals surface area contributed by atoms with Crippen LogP contribution in [0.4, 0.5) is 11.4 Å². The summed E-state index contributed by atoms with van der Waals surface area (Å²) in [6.07, 6.45) is 1.71. The Morgan fingerprint density at radius 2 is 1.57 bits per heavy atom. The number of anilines is 2.